The minimum absolute atomic E-state index is 0.608. The Hall–Kier alpha value is 0.531. The molecule has 0 radical (unpaired) electrons. The molecule has 3 aliphatic carbocycles. The molecule has 4 fully saturated rings. The molecule has 1 saturated heterocycles. The third kappa shape index (κ3) is 5.00. The van der Waals surface area contributed by atoms with Gasteiger partial charge in [-0.2, -0.15) is 0 Å². The average Bonchev–Trinajstić information content (AvgIpc) is 2.97. The maximum atomic E-state index is 6.98. The van der Waals surface area contributed by atoms with Crippen molar-refractivity contribution in [1.82, 2.24) is 0 Å². The second kappa shape index (κ2) is 7.34. The lowest BCUT2D eigenvalue weighted by Gasteiger charge is -2.43. The van der Waals surface area contributed by atoms with Gasteiger partial charge in [0.25, 0.3) is 0 Å². The summed E-state index contributed by atoms with van der Waals surface area (Å²) in [7, 11) is -5.41. The van der Waals surface area contributed by atoms with E-state index in [2.05, 4.69) is 39.3 Å². The summed E-state index contributed by atoms with van der Waals surface area (Å²) >= 11 is 0. The number of hydrogen-bond donors (Lipinski definition) is 0. The highest BCUT2D eigenvalue weighted by atomic mass is 28.5. The summed E-state index contributed by atoms with van der Waals surface area (Å²) in [6.45, 7) is 14.5. The third-order valence-electron chi connectivity index (χ3n) is 7.93. The molecular formula is C21H42O3Si3. The highest BCUT2D eigenvalue weighted by Crippen LogP contribution is 2.56. The Morgan fingerprint density at radius 1 is 0.815 bits per heavy atom. The van der Waals surface area contributed by atoms with Crippen molar-refractivity contribution in [3.05, 3.63) is 0 Å². The van der Waals surface area contributed by atoms with Crippen LogP contribution in [0.3, 0.4) is 0 Å². The van der Waals surface area contributed by atoms with Crippen molar-refractivity contribution in [2.24, 2.45) is 17.8 Å². The Morgan fingerprint density at radius 2 is 1.59 bits per heavy atom. The van der Waals surface area contributed by atoms with Gasteiger partial charge >= 0.3 is 8.56 Å². The Kier molecular flexibility index (Phi) is 5.65. The molecule has 6 atom stereocenters. The molecule has 0 aromatic carbocycles. The molecule has 0 spiro atoms. The Labute approximate surface area is 170 Å². The lowest BCUT2D eigenvalue weighted by atomic mass is 9.88. The van der Waals surface area contributed by atoms with Gasteiger partial charge in [-0.05, 0) is 101 Å². The van der Waals surface area contributed by atoms with Crippen molar-refractivity contribution < 1.29 is 13.0 Å². The van der Waals surface area contributed by atoms with Crippen molar-refractivity contribution in [3.8, 4) is 0 Å². The van der Waals surface area contributed by atoms with E-state index in [4.69, 9.17) is 13.0 Å². The van der Waals surface area contributed by atoms with E-state index < -0.39 is 25.2 Å². The van der Waals surface area contributed by atoms with Crippen LogP contribution >= 0.6 is 0 Å². The molecule has 0 N–H and O–H groups in total. The average molecular weight is 427 g/mol. The van der Waals surface area contributed by atoms with Crippen LogP contribution in [0.15, 0.2) is 0 Å². The van der Waals surface area contributed by atoms with Gasteiger partial charge in [0.2, 0.25) is 0 Å². The number of fused-ring (bicyclic) bond motifs is 3. The molecule has 3 saturated carbocycles. The number of rotatable bonds is 8. The second-order valence-electron chi connectivity index (χ2n) is 11.7. The van der Waals surface area contributed by atoms with Crippen LogP contribution < -0.4 is 0 Å². The van der Waals surface area contributed by atoms with Crippen molar-refractivity contribution in [1.29, 1.82) is 0 Å². The summed E-state index contributed by atoms with van der Waals surface area (Å²) in [4.78, 5) is 0. The molecule has 156 valence electrons. The normalized spacial score (nSPS) is 38.9. The van der Waals surface area contributed by atoms with E-state index in [1.807, 2.05) is 0 Å². The largest absolute Gasteiger partial charge is 0.437 e. The van der Waals surface area contributed by atoms with Crippen molar-refractivity contribution in [3.63, 3.8) is 0 Å². The lowest BCUT2D eigenvalue weighted by molar-refractivity contribution is 0.345. The van der Waals surface area contributed by atoms with E-state index in [-0.39, 0.29) is 0 Å². The van der Waals surface area contributed by atoms with Crippen LogP contribution in [0.25, 0.3) is 0 Å². The van der Waals surface area contributed by atoms with Crippen LogP contribution in [0.2, 0.25) is 50.9 Å². The first kappa shape index (κ1) is 20.8. The zero-order valence-corrected chi connectivity index (χ0v) is 21.6. The molecule has 2 bridgehead atoms. The van der Waals surface area contributed by atoms with Gasteiger partial charge in [0, 0.05) is 0 Å². The standard InChI is InChI=1S/C21H42O3Si3/c1-25(2,12-11-16-8-10-19-20(14-16)22-19)23-27(5,6)24-26(3,4)21-15-17-7-9-18(21)13-17/h16-21H,7-15H2,1-6H3. The van der Waals surface area contributed by atoms with E-state index in [0.29, 0.717) is 12.2 Å². The van der Waals surface area contributed by atoms with Gasteiger partial charge < -0.3 is 13.0 Å². The predicted molar refractivity (Wildman–Crippen MR) is 119 cm³/mol. The second-order valence-corrected chi connectivity index (χ2v) is 24.1. The molecule has 0 aromatic heterocycles. The van der Waals surface area contributed by atoms with E-state index in [1.165, 1.54) is 57.4 Å². The summed E-state index contributed by atoms with van der Waals surface area (Å²) in [5.74, 6) is 2.85. The quantitative estimate of drug-likeness (QED) is 0.338. The smallest absolute Gasteiger partial charge is 0.311 e. The number of hydrogen-bond acceptors (Lipinski definition) is 3. The summed E-state index contributed by atoms with van der Waals surface area (Å²) < 4.78 is 19.6. The summed E-state index contributed by atoms with van der Waals surface area (Å²) in [5, 5.41) is 0. The van der Waals surface area contributed by atoms with E-state index in [1.54, 1.807) is 0 Å². The molecule has 27 heavy (non-hydrogen) atoms. The highest BCUT2D eigenvalue weighted by Gasteiger charge is 2.51. The monoisotopic (exact) mass is 426 g/mol. The van der Waals surface area contributed by atoms with Gasteiger partial charge in [0.1, 0.15) is 0 Å². The molecular weight excluding hydrogens is 384 g/mol. The van der Waals surface area contributed by atoms with Crippen molar-refractivity contribution >= 4 is 25.2 Å². The minimum atomic E-state index is -2.06. The number of ether oxygens (including phenoxy) is 1. The molecule has 3 nitrogen and oxygen atoms in total. The molecule has 1 heterocycles. The van der Waals surface area contributed by atoms with Gasteiger partial charge in [-0.1, -0.05) is 19.3 Å². The molecule has 6 unspecified atom stereocenters. The van der Waals surface area contributed by atoms with Crippen LogP contribution in [-0.2, 0) is 13.0 Å². The SMILES string of the molecule is C[Si](C)(CCC1CCC2OC2C1)O[Si](C)(C)O[Si](C)(C)C1CC2CCC1C2. The van der Waals surface area contributed by atoms with Gasteiger partial charge in [0.05, 0.1) is 12.2 Å². The molecule has 0 amide bonds. The molecule has 6 heteroatoms. The zero-order valence-electron chi connectivity index (χ0n) is 18.6. The van der Waals surface area contributed by atoms with Gasteiger partial charge in [-0.15, -0.1) is 0 Å². The van der Waals surface area contributed by atoms with Crippen molar-refractivity contribution in [2.75, 3.05) is 0 Å². The minimum Gasteiger partial charge on any atom is -0.437 e. The fourth-order valence-corrected chi connectivity index (χ4v) is 22.2. The maximum absolute atomic E-state index is 6.98. The van der Waals surface area contributed by atoms with Gasteiger partial charge in [-0.3, -0.25) is 0 Å². The molecule has 4 rings (SSSR count). The maximum Gasteiger partial charge on any atom is 0.311 e. The van der Waals surface area contributed by atoms with E-state index in [0.717, 1.165) is 23.3 Å². The van der Waals surface area contributed by atoms with Gasteiger partial charge in [-0.25, -0.2) is 0 Å². The summed E-state index contributed by atoms with van der Waals surface area (Å²) in [5.41, 5.74) is 0.880. The first-order chi connectivity index (χ1) is 12.5. The Balaban J connectivity index is 1.28. The molecule has 0 aromatic rings. The van der Waals surface area contributed by atoms with Crippen LogP contribution in [0.1, 0.15) is 51.4 Å². The van der Waals surface area contributed by atoms with Crippen LogP contribution in [0, 0.1) is 17.8 Å². The van der Waals surface area contributed by atoms with Crippen molar-refractivity contribution in [2.45, 2.75) is 114 Å². The highest BCUT2D eigenvalue weighted by molar-refractivity contribution is 6.88. The Bertz CT molecular complexity index is 551. The lowest BCUT2D eigenvalue weighted by Crippen LogP contribution is -2.54. The van der Waals surface area contributed by atoms with Crippen LogP contribution in [0.4, 0.5) is 0 Å². The Morgan fingerprint density at radius 3 is 2.22 bits per heavy atom. The molecule has 1 aliphatic heterocycles. The van der Waals surface area contributed by atoms with E-state index >= 15 is 0 Å². The fraction of sp³-hybridized carbons (Fsp3) is 1.00. The van der Waals surface area contributed by atoms with Gasteiger partial charge in [0.15, 0.2) is 16.6 Å². The molecule has 4 aliphatic rings. The topological polar surface area (TPSA) is 31.0 Å². The predicted octanol–water partition coefficient (Wildman–Crippen LogP) is 6.28. The summed E-state index contributed by atoms with van der Waals surface area (Å²) in [6.07, 6.45) is 12.4. The first-order valence-electron chi connectivity index (χ1n) is 11.6. The summed E-state index contributed by atoms with van der Waals surface area (Å²) in [6, 6.07) is 1.28. The van der Waals surface area contributed by atoms with Crippen LogP contribution in [0.5, 0.6) is 0 Å². The first-order valence-corrected chi connectivity index (χ1v) is 20.5. The third-order valence-corrected chi connectivity index (χ3v) is 20.2. The fourth-order valence-electron chi connectivity index (χ4n) is 6.84. The van der Waals surface area contributed by atoms with E-state index in [9.17, 15) is 0 Å². The number of epoxide rings is 1. The zero-order chi connectivity index (χ0) is 19.4. The van der Waals surface area contributed by atoms with Crippen LogP contribution in [-0.4, -0.2) is 37.4 Å².